The molecule has 1 aromatic rings. The number of hydrogen-bond donors (Lipinski definition) is 1. The Bertz CT molecular complexity index is 425. The van der Waals surface area contributed by atoms with Crippen molar-refractivity contribution < 1.29 is 13.2 Å². The van der Waals surface area contributed by atoms with Crippen LogP contribution in [0.25, 0.3) is 0 Å². The average molecular weight is 286 g/mol. The van der Waals surface area contributed by atoms with Crippen molar-refractivity contribution in [3.63, 3.8) is 0 Å². The minimum absolute atomic E-state index is 0.434. The molecule has 0 saturated carbocycles. The van der Waals surface area contributed by atoms with Gasteiger partial charge in [0.15, 0.2) is 0 Å². The molecule has 1 aliphatic heterocycles. The van der Waals surface area contributed by atoms with Gasteiger partial charge in [-0.2, -0.15) is 13.2 Å². The fourth-order valence-electron chi connectivity index (χ4n) is 2.59. The van der Waals surface area contributed by atoms with Gasteiger partial charge >= 0.3 is 6.18 Å². The van der Waals surface area contributed by atoms with Gasteiger partial charge in [-0.3, -0.25) is 4.90 Å². The number of alkyl halides is 3. The van der Waals surface area contributed by atoms with Gasteiger partial charge in [0.25, 0.3) is 0 Å². The topological polar surface area (TPSA) is 15.3 Å². The van der Waals surface area contributed by atoms with E-state index in [-0.39, 0.29) is 0 Å². The molecular weight excluding hydrogens is 265 g/mol. The number of hydrogen-bond acceptors (Lipinski definition) is 2. The normalized spacial score (nSPS) is 18.4. The van der Waals surface area contributed by atoms with E-state index in [4.69, 9.17) is 0 Å². The summed E-state index contributed by atoms with van der Waals surface area (Å²) in [6.07, 6.45) is -1.77. The van der Waals surface area contributed by atoms with Gasteiger partial charge in [-0.25, -0.2) is 0 Å². The molecule has 1 atom stereocenters. The van der Waals surface area contributed by atoms with Crippen LogP contribution in [0.5, 0.6) is 0 Å². The Balaban J connectivity index is 1.82. The highest BCUT2D eigenvalue weighted by Crippen LogP contribution is 2.29. The second-order valence-electron chi connectivity index (χ2n) is 5.42. The van der Waals surface area contributed by atoms with E-state index in [2.05, 4.69) is 17.1 Å². The lowest BCUT2D eigenvalue weighted by Crippen LogP contribution is -2.38. The zero-order chi connectivity index (χ0) is 14.6. The third-order valence-corrected chi connectivity index (χ3v) is 3.79. The molecule has 1 aliphatic rings. The summed E-state index contributed by atoms with van der Waals surface area (Å²) < 4.78 is 37.8. The largest absolute Gasteiger partial charge is 0.416 e. The smallest absolute Gasteiger partial charge is 0.311 e. The Kier molecular flexibility index (Phi) is 5.05. The second kappa shape index (κ2) is 6.59. The molecule has 0 amide bonds. The molecule has 5 heteroatoms. The van der Waals surface area contributed by atoms with Crippen molar-refractivity contribution in [2.24, 2.45) is 0 Å². The Labute approximate surface area is 118 Å². The summed E-state index contributed by atoms with van der Waals surface area (Å²) in [5.74, 6) is 0. The Morgan fingerprint density at radius 3 is 2.60 bits per heavy atom. The highest BCUT2D eigenvalue weighted by Gasteiger charge is 2.30. The van der Waals surface area contributed by atoms with Crippen LogP contribution in [0.3, 0.4) is 0 Å². The van der Waals surface area contributed by atoms with Crippen LogP contribution in [0.4, 0.5) is 13.2 Å². The molecule has 2 rings (SSSR count). The number of benzene rings is 1. The predicted molar refractivity (Wildman–Crippen MR) is 73.4 cm³/mol. The number of nitrogens with zero attached hydrogens (tertiary/aromatic N) is 1. The van der Waals surface area contributed by atoms with Crippen LogP contribution in [-0.2, 0) is 12.7 Å². The van der Waals surface area contributed by atoms with Crippen LogP contribution in [0.1, 0.15) is 30.9 Å². The maximum Gasteiger partial charge on any atom is 0.416 e. The lowest BCUT2D eigenvalue weighted by molar-refractivity contribution is -0.137. The first kappa shape index (κ1) is 15.3. The molecule has 0 spiro atoms. The highest BCUT2D eigenvalue weighted by atomic mass is 19.4. The molecule has 0 radical (unpaired) electrons. The molecule has 1 saturated heterocycles. The van der Waals surface area contributed by atoms with Gasteiger partial charge in [0.2, 0.25) is 0 Å². The van der Waals surface area contributed by atoms with Gasteiger partial charge in [-0.05, 0) is 44.5 Å². The summed E-state index contributed by atoms with van der Waals surface area (Å²) in [6.45, 7) is 5.70. The van der Waals surface area contributed by atoms with Gasteiger partial charge in [0.1, 0.15) is 0 Å². The molecule has 20 heavy (non-hydrogen) atoms. The number of rotatable bonds is 5. The van der Waals surface area contributed by atoms with Crippen molar-refractivity contribution in [3.05, 3.63) is 35.4 Å². The van der Waals surface area contributed by atoms with Crippen molar-refractivity contribution in [2.45, 2.75) is 38.5 Å². The summed E-state index contributed by atoms with van der Waals surface area (Å²) in [7, 11) is 0. The van der Waals surface area contributed by atoms with E-state index in [9.17, 15) is 13.2 Å². The van der Waals surface area contributed by atoms with Crippen LogP contribution in [0.2, 0.25) is 0 Å². The van der Waals surface area contributed by atoms with E-state index in [1.807, 2.05) is 0 Å². The fraction of sp³-hybridized carbons (Fsp3) is 0.600. The number of likely N-dealkylation sites (tertiary alicyclic amines) is 1. The maximum atomic E-state index is 12.6. The highest BCUT2D eigenvalue weighted by molar-refractivity contribution is 5.25. The zero-order valence-corrected chi connectivity index (χ0v) is 11.7. The Hall–Kier alpha value is -1.07. The lowest BCUT2D eigenvalue weighted by Gasteiger charge is -2.24. The standard InChI is InChI=1S/C15H21F3N2/c1-12(20-7-2-3-8-20)10-19-11-13-5-4-6-14(9-13)15(16,17)18/h4-6,9,12,19H,2-3,7-8,10-11H2,1H3. The summed E-state index contributed by atoms with van der Waals surface area (Å²) in [4.78, 5) is 2.42. The first-order chi connectivity index (χ1) is 9.47. The van der Waals surface area contributed by atoms with Crippen molar-refractivity contribution in [1.82, 2.24) is 10.2 Å². The number of nitrogens with one attached hydrogen (secondary N) is 1. The van der Waals surface area contributed by atoms with Gasteiger partial charge in [0.05, 0.1) is 5.56 Å². The molecule has 112 valence electrons. The molecule has 0 bridgehead atoms. The minimum atomic E-state index is -4.27. The molecular formula is C15H21F3N2. The van der Waals surface area contributed by atoms with E-state index in [0.717, 1.165) is 25.7 Å². The van der Waals surface area contributed by atoms with Gasteiger partial charge in [0, 0.05) is 19.1 Å². The molecule has 2 nitrogen and oxygen atoms in total. The van der Waals surface area contributed by atoms with Gasteiger partial charge in [-0.15, -0.1) is 0 Å². The van der Waals surface area contributed by atoms with Crippen LogP contribution in [-0.4, -0.2) is 30.6 Å². The third kappa shape index (κ3) is 4.21. The van der Waals surface area contributed by atoms with Crippen molar-refractivity contribution in [3.8, 4) is 0 Å². The number of halogens is 3. The van der Waals surface area contributed by atoms with E-state index in [1.165, 1.54) is 25.0 Å². The van der Waals surface area contributed by atoms with E-state index in [1.54, 1.807) is 6.07 Å². The zero-order valence-electron chi connectivity index (χ0n) is 11.7. The van der Waals surface area contributed by atoms with Crippen LogP contribution in [0, 0.1) is 0 Å². The summed E-state index contributed by atoms with van der Waals surface area (Å²) in [5, 5.41) is 3.25. The van der Waals surface area contributed by atoms with Crippen LogP contribution >= 0.6 is 0 Å². The average Bonchev–Trinajstić information content (AvgIpc) is 2.92. The first-order valence-electron chi connectivity index (χ1n) is 7.08. The second-order valence-corrected chi connectivity index (χ2v) is 5.42. The quantitative estimate of drug-likeness (QED) is 0.893. The third-order valence-electron chi connectivity index (χ3n) is 3.79. The van der Waals surface area contributed by atoms with Crippen LogP contribution < -0.4 is 5.32 Å². The van der Waals surface area contributed by atoms with Crippen molar-refractivity contribution >= 4 is 0 Å². The van der Waals surface area contributed by atoms with Crippen molar-refractivity contribution in [2.75, 3.05) is 19.6 Å². The van der Waals surface area contributed by atoms with Gasteiger partial charge < -0.3 is 5.32 Å². The predicted octanol–water partition coefficient (Wildman–Crippen LogP) is 3.28. The molecule has 1 aromatic carbocycles. The summed E-state index contributed by atoms with van der Waals surface area (Å²) >= 11 is 0. The van der Waals surface area contributed by atoms with E-state index in [0.29, 0.717) is 18.2 Å². The Morgan fingerprint density at radius 1 is 1.25 bits per heavy atom. The molecule has 1 fully saturated rings. The molecule has 1 heterocycles. The molecule has 1 unspecified atom stereocenters. The maximum absolute atomic E-state index is 12.6. The SMILES string of the molecule is CC(CNCc1cccc(C(F)(F)F)c1)N1CCCC1. The summed E-state index contributed by atoms with van der Waals surface area (Å²) in [5.41, 5.74) is 0.0952. The van der Waals surface area contributed by atoms with Crippen LogP contribution in [0.15, 0.2) is 24.3 Å². The van der Waals surface area contributed by atoms with Crippen molar-refractivity contribution in [1.29, 1.82) is 0 Å². The molecule has 0 aliphatic carbocycles. The lowest BCUT2D eigenvalue weighted by atomic mass is 10.1. The van der Waals surface area contributed by atoms with E-state index >= 15 is 0 Å². The minimum Gasteiger partial charge on any atom is -0.311 e. The Morgan fingerprint density at radius 2 is 1.95 bits per heavy atom. The molecule has 0 aromatic heterocycles. The summed E-state index contributed by atoms with van der Waals surface area (Å²) in [6, 6.07) is 5.94. The monoisotopic (exact) mass is 286 g/mol. The fourth-order valence-corrected chi connectivity index (χ4v) is 2.59. The first-order valence-corrected chi connectivity index (χ1v) is 7.08. The molecule has 1 N–H and O–H groups in total. The van der Waals surface area contributed by atoms with Gasteiger partial charge in [-0.1, -0.05) is 18.2 Å². The van der Waals surface area contributed by atoms with E-state index < -0.39 is 11.7 Å².